The lowest BCUT2D eigenvalue weighted by atomic mass is 10.0. The number of pyridine rings is 2. The lowest BCUT2D eigenvalue weighted by molar-refractivity contribution is 1.37. The Morgan fingerprint density at radius 3 is 2.45 bits per heavy atom. The molecule has 2 aromatic heterocycles. The van der Waals surface area contributed by atoms with E-state index in [1.165, 1.54) is 0 Å². The molecule has 0 unspecified atom stereocenters. The van der Waals surface area contributed by atoms with Gasteiger partial charge in [-0.25, -0.2) is 0 Å². The van der Waals surface area contributed by atoms with Crippen LogP contribution in [0.25, 0.3) is 32.9 Å². The molecule has 0 fully saturated rings. The highest BCUT2D eigenvalue weighted by Crippen LogP contribution is 2.26. The van der Waals surface area contributed by atoms with E-state index in [2.05, 4.69) is 40.3 Å². The largest absolute Gasteiger partial charge is 0.254 e. The number of fused-ring (bicyclic) bond motifs is 3. The van der Waals surface area contributed by atoms with Crippen molar-refractivity contribution in [3.05, 3.63) is 73.1 Å². The van der Waals surface area contributed by atoms with Crippen LogP contribution < -0.4 is 0 Å². The van der Waals surface area contributed by atoms with Gasteiger partial charge in [-0.05, 0) is 23.8 Å². The molecule has 20 heavy (non-hydrogen) atoms. The second kappa shape index (κ2) is 4.42. The third kappa shape index (κ3) is 1.74. The van der Waals surface area contributed by atoms with E-state index in [1.807, 2.05) is 42.7 Å². The second-order valence-electron chi connectivity index (χ2n) is 4.73. The maximum Gasteiger partial charge on any atom is 0.0964 e. The molecule has 0 saturated carbocycles. The molecule has 4 aromatic rings. The zero-order valence-electron chi connectivity index (χ0n) is 10.7. The number of benzene rings is 2. The van der Waals surface area contributed by atoms with Gasteiger partial charge < -0.3 is 0 Å². The minimum Gasteiger partial charge on any atom is -0.254 e. The van der Waals surface area contributed by atoms with Gasteiger partial charge in [0, 0.05) is 28.7 Å². The number of nitrogens with zero attached hydrogens (tertiary/aromatic N) is 2. The van der Waals surface area contributed by atoms with Crippen molar-refractivity contribution in [3.8, 4) is 11.1 Å². The van der Waals surface area contributed by atoms with E-state index in [1.54, 1.807) is 0 Å². The molecule has 2 heteroatoms. The van der Waals surface area contributed by atoms with E-state index in [4.69, 9.17) is 0 Å². The monoisotopic (exact) mass is 255 g/mol. The van der Waals surface area contributed by atoms with Gasteiger partial charge in [0.2, 0.25) is 0 Å². The Hall–Kier alpha value is -2.74. The van der Waals surface area contributed by atoms with Gasteiger partial charge in [0.1, 0.15) is 0 Å². The van der Waals surface area contributed by atoms with E-state index in [-0.39, 0.29) is 0 Å². The minimum atomic E-state index is 0.953. The van der Waals surface area contributed by atoms with Gasteiger partial charge >= 0.3 is 0 Å². The molecule has 0 saturated heterocycles. The van der Waals surface area contributed by atoms with Crippen molar-refractivity contribution in [3.63, 3.8) is 0 Å². The van der Waals surface area contributed by atoms with E-state index in [9.17, 15) is 0 Å². The first-order valence-electron chi connectivity index (χ1n) is 6.52. The van der Waals surface area contributed by atoms with E-state index in [0.29, 0.717) is 0 Å². The van der Waals surface area contributed by atoms with Crippen LogP contribution in [0.5, 0.6) is 0 Å². The fourth-order valence-electron chi connectivity index (χ4n) is 2.47. The Balaban J connectivity index is 1.99. The van der Waals surface area contributed by atoms with Gasteiger partial charge in [-0.1, -0.05) is 42.5 Å². The topological polar surface area (TPSA) is 25.8 Å². The maximum absolute atomic E-state index is 4.61. The molecule has 2 aromatic carbocycles. The summed E-state index contributed by atoms with van der Waals surface area (Å²) < 4.78 is 0. The van der Waals surface area contributed by atoms with Crippen LogP contribution in [0.4, 0.5) is 0 Å². The van der Waals surface area contributed by atoms with Crippen molar-refractivity contribution in [1.29, 1.82) is 0 Å². The highest BCUT2D eigenvalue weighted by atomic mass is 14.7. The van der Waals surface area contributed by atoms with E-state index in [0.717, 1.165) is 32.9 Å². The van der Waals surface area contributed by atoms with Gasteiger partial charge in [-0.2, -0.15) is 0 Å². The second-order valence-corrected chi connectivity index (χ2v) is 4.73. The molecule has 0 amide bonds. The predicted octanol–water partition coefficient (Wildman–Crippen LogP) is 4.25. The summed E-state index contributed by atoms with van der Waals surface area (Å²) in [5, 5.41) is 2.23. The van der Waals surface area contributed by atoms with Crippen molar-refractivity contribution in [1.82, 2.24) is 9.97 Å². The average molecular weight is 255 g/mol. The Morgan fingerprint density at radius 1 is 0.750 bits per heavy atom. The Kier molecular flexibility index (Phi) is 2.46. The summed E-state index contributed by atoms with van der Waals surface area (Å²) in [6.45, 7) is 0. The molecule has 0 atom stereocenters. The molecule has 0 aliphatic carbocycles. The van der Waals surface area contributed by atoms with Crippen molar-refractivity contribution >= 4 is 21.8 Å². The molecule has 4 rings (SSSR count). The molecule has 0 aliphatic rings. The summed E-state index contributed by atoms with van der Waals surface area (Å²) in [5.41, 5.74) is 4.17. The highest BCUT2D eigenvalue weighted by molar-refractivity contribution is 6.03. The van der Waals surface area contributed by atoms with Crippen LogP contribution in [0.15, 0.2) is 67.0 Å². The van der Waals surface area contributed by atoms with Crippen LogP contribution in [0, 0.1) is 6.07 Å². The molecule has 0 aliphatic heterocycles. The molecule has 0 N–H and O–H groups in total. The Labute approximate surface area is 116 Å². The standard InChI is InChI=1S/C18H11N2/c1-2-5-13(6-3-1)16-11-15-9-8-14-7-4-10-19-17(14)18(15)20-12-16/h2-12H. The maximum atomic E-state index is 4.61. The third-order valence-electron chi connectivity index (χ3n) is 3.47. The van der Waals surface area contributed by atoms with Gasteiger partial charge in [-0.3, -0.25) is 9.97 Å². The minimum absolute atomic E-state index is 0.953. The van der Waals surface area contributed by atoms with Gasteiger partial charge in [0.15, 0.2) is 0 Å². The van der Waals surface area contributed by atoms with Crippen LogP contribution >= 0.6 is 0 Å². The summed E-state index contributed by atoms with van der Waals surface area (Å²) in [7, 11) is 0. The SMILES string of the molecule is [c]1ccc(-c2cnc3c(ccc4cccnc43)c2)cc1. The predicted molar refractivity (Wildman–Crippen MR) is 81.3 cm³/mol. The first-order valence-corrected chi connectivity index (χ1v) is 6.52. The molecule has 2 heterocycles. The lowest BCUT2D eigenvalue weighted by Gasteiger charge is -2.05. The molecule has 0 bridgehead atoms. The summed E-state index contributed by atoms with van der Waals surface area (Å²) in [5.74, 6) is 0. The van der Waals surface area contributed by atoms with E-state index >= 15 is 0 Å². The average Bonchev–Trinajstić information content (AvgIpc) is 2.55. The summed E-state index contributed by atoms with van der Waals surface area (Å²) in [6, 6.07) is 21.3. The number of rotatable bonds is 1. The zero-order valence-corrected chi connectivity index (χ0v) is 10.7. The molecule has 1 radical (unpaired) electrons. The smallest absolute Gasteiger partial charge is 0.0964 e. The van der Waals surface area contributed by atoms with Crippen LogP contribution in [0.1, 0.15) is 0 Å². The van der Waals surface area contributed by atoms with Gasteiger partial charge in [-0.15, -0.1) is 0 Å². The first-order chi connectivity index (χ1) is 9.92. The Bertz CT molecular complexity index is 899. The van der Waals surface area contributed by atoms with Crippen LogP contribution in [-0.4, -0.2) is 9.97 Å². The fraction of sp³-hybridized carbons (Fsp3) is 0. The molecule has 93 valence electrons. The molecule has 0 spiro atoms. The summed E-state index contributed by atoms with van der Waals surface area (Å²) in [6.07, 6.45) is 3.72. The number of hydrogen-bond donors (Lipinski definition) is 0. The van der Waals surface area contributed by atoms with Gasteiger partial charge in [0.05, 0.1) is 11.0 Å². The lowest BCUT2D eigenvalue weighted by Crippen LogP contribution is -1.86. The number of hydrogen-bond acceptors (Lipinski definition) is 2. The molecular weight excluding hydrogens is 244 g/mol. The number of aromatic nitrogens is 2. The summed E-state index contributed by atoms with van der Waals surface area (Å²) >= 11 is 0. The third-order valence-corrected chi connectivity index (χ3v) is 3.47. The quantitative estimate of drug-likeness (QED) is 0.475. The van der Waals surface area contributed by atoms with Crippen LogP contribution in [0.3, 0.4) is 0 Å². The molecular formula is C18H11N2. The van der Waals surface area contributed by atoms with Crippen molar-refractivity contribution < 1.29 is 0 Å². The Morgan fingerprint density at radius 2 is 1.55 bits per heavy atom. The molecule has 2 nitrogen and oxygen atoms in total. The van der Waals surface area contributed by atoms with Crippen LogP contribution in [0.2, 0.25) is 0 Å². The van der Waals surface area contributed by atoms with Crippen molar-refractivity contribution in [2.45, 2.75) is 0 Å². The zero-order chi connectivity index (χ0) is 13.4. The van der Waals surface area contributed by atoms with Gasteiger partial charge in [0.25, 0.3) is 0 Å². The van der Waals surface area contributed by atoms with Crippen molar-refractivity contribution in [2.75, 3.05) is 0 Å². The first kappa shape index (κ1) is 11.1. The fourth-order valence-corrected chi connectivity index (χ4v) is 2.47. The van der Waals surface area contributed by atoms with Crippen molar-refractivity contribution in [2.24, 2.45) is 0 Å². The highest BCUT2D eigenvalue weighted by Gasteiger charge is 2.04. The normalized spacial score (nSPS) is 11.0. The summed E-state index contributed by atoms with van der Waals surface area (Å²) in [4.78, 5) is 9.06. The van der Waals surface area contributed by atoms with Crippen LogP contribution in [-0.2, 0) is 0 Å². The van der Waals surface area contributed by atoms with E-state index < -0.39 is 0 Å².